The van der Waals surface area contributed by atoms with E-state index in [4.69, 9.17) is 5.11 Å². The zero-order valence-corrected chi connectivity index (χ0v) is 10.6. The molecule has 1 aliphatic heterocycles. The Morgan fingerprint density at radius 2 is 2.20 bits per heavy atom. The number of aliphatic carboxylic acids is 1. The van der Waals surface area contributed by atoms with Gasteiger partial charge in [0.2, 0.25) is 0 Å². The topological polar surface area (TPSA) is 85.4 Å². The molecule has 0 saturated carbocycles. The monoisotopic (exact) mass is 278 g/mol. The van der Waals surface area contributed by atoms with Gasteiger partial charge in [-0.1, -0.05) is 6.07 Å². The number of aliphatic hydroxyl groups excluding tert-OH is 1. The zero-order chi connectivity index (χ0) is 14.3. The first kappa shape index (κ1) is 13.1. The van der Waals surface area contributed by atoms with E-state index in [9.17, 15) is 14.3 Å². The van der Waals surface area contributed by atoms with Crippen LogP contribution in [0.4, 0.5) is 4.39 Å². The van der Waals surface area contributed by atoms with Crippen molar-refractivity contribution in [2.24, 2.45) is 5.92 Å². The molecule has 0 radical (unpaired) electrons. The number of hydrogen-bond acceptors (Lipinski definition) is 3. The minimum atomic E-state index is -1.02. The Hall–Kier alpha value is -1.92. The number of hydrogen-bond donors (Lipinski definition) is 4. The molecule has 2 aromatic rings. The zero-order valence-electron chi connectivity index (χ0n) is 10.6. The molecule has 0 amide bonds. The number of halogens is 1. The van der Waals surface area contributed by atoms with Crippen molar-refractivity contribution in [1.82, 2.24) is 10.3 Å². The number of carbonyl (C=O) groups is 1. The minimum Gasteiger partial charge on any atom is -0.481 e. The highest BCUT2D eigenvalue weighted by atomic mass is 19.1. The maximum absolute atomic E-state index is 13.9. The Morgan fingerprint density at radius 3 is 2.90 bits per heavy atom. The number of benzene rings is 1. The molecule has 0 bridgehead atoms. The molecule has 6 heteroatoms. The van der Waals surface area contributed by atoms with Crippen molar-refractivity contribution in [3.63, 3.8) is 0 Å². The van der Waals surface area contributed by atoms with Gasteiger partial charge in [0.25, 0.3) is 0 Å². The Bertz CT molecular complexity index is 655. The number of aromatic nitrogens is 1. The molecule has 0 aliphatic carbocycles. The third kappa shape index (κ3) is 2.07. The fraction of sp³-hybridized carbons (Fsp3) is 0.357. The van der Waals surface area contributed by atoms with Gasteiger partial charge in [-0.2, -0.15) is 0 Å². The van der Waals surface area contributed by atoms with Crippen molar-refractivity contribution in [2.45, 2.75) is 18.6 Å². The average molecular weight is 278 g/mol. The molecule has 3 rings (SSSR count). The van der Waals surface area contributed by atoms with Crippen molar-refractivity contribution >= 4 is 16.9 Å². The van der Waals surface area contributed by atoms with E-state index in [-0.39, 0.29) is 24.8 Å². The van der Waals surface area contributed by atoms with Crippen LogP contribution in [-0.2, 0) is 4.79 Å². The van der Waals surface area contributed by atoms with Gasteiger partial charge in [0.1, 0.15) is 5.82 Å². The Labute approximate surface area is 114 Å². The number of carboxylic acids is 1. The number of rotatable bonds is 2. The summed E-state index contributed by atoms with van der Waals surface area (Å²) >= 11 is 0. The Balaban J connectivity index is 1.92. The van der Waals surface area contributed by atoms with Gasteiger partial charge in [-0.05, 0) is 24.1 Å². The van der Waals surface area contributed by atoms with Crippen molar-refractivity contribution in [3.8, 4) is 0 Å². The fourth-order valence-corrected chi connectivity index (χ4v) is 2.82. The fourth-order valence-electron chi connectivity index (χ4n) is 2.82. The molecule has 2 heterocycles. The van der Waals surface area contributed by atoms with E-state index < -0.39 is 18.0 Å². The highest BCUT2D eigenvalue weighted by molar-refractivity contribution is 5.84. The molecular formula is C14H15FN2O3. The third-order valence-corrected chi connectivity index (χ3v) is 3.90. The first-order valence-corrected chi connectivity index (χ1v) is 6.47. The van der Waals surface area contributed by atoms with Crippen LogP contribution < -0.4 is 5.32 Å². The van der Waals surface area contributed by atoms with Crippen LogP contribution in [0.1, 0.15) is 18.0 Å². The summed E-state index contributed by atoms with van der Waals surface area (Å²) in [6, 6.07) is 4.54. The van der Waals surface area contributed by atoms with Crippen LogP contribution in [0.2, 0.25) is 0 Å². The Morgan fingerprint density at radius 1 is 1.40 bits per heavy atom. The number of fused-ring (bicyclic) bond motifs is 1. The second-order valence-electron chi connectivity index (χ2n) is 5.12. The van der Waals surface area contributed by atoms with Crippen LogP contribution in [0.15, 0.2) is 24.4 Å². The molecule has 1 fully saturated rings. The average Bonchev–Trinajstić information content (AvgIpc) is 2.83. The van der Waals surface area contributed by atoms with Crippen molar-refractivity contribution in [1.29, 1.82) is 0 Å². The summed E-state index contributed by atoms with van der Waals surface area (Å²) in [7, 11) is 0. The molecule has 3 atom stereocenters. The quantitative estimate of drug-likeness (QED) is 0.669. The van der Waals surface area contributed by atoms with E-state index in [1.54, 1.807) is 18.3 Å². The van der Waals surface area contributed by atoms with E-state index in [0.717, 1.165) is 5.56 Å². The maximum atomic E-state index is 13.9. The van der Waals surface area contributed by atoms with Crippen LogP contribution in [0.3, 0.4) is 0 Å². The standard InChI is InChI=1S/C14H15FN2O3/c15-9-2-1-3-10-13(9)7(5-16-10)11-4-12(18)8(6-17-11)14(19)20/h1-3,5,8,11-12,16-18H,4,6H2,(H,19,20). The van der Waals surface area contributed by atoms with Crippen LogP contribution in [-0.4, -0.2) is 33.8 Å². The normalized spacial score (nSPS) is 26.8. The predicted molar refractivity (Wildman–Crippen MR) is 70.8 cm³/mol. The van der Waals surface area contributed by atoms with Crippen LogP contribution >= 0.6 is 0 Å². The SMILES string of the molecule is O=C(O)C1CNC(c2c[nH]c3cccc(F)c23)CC1O. The summed E-state index contributed by atoms with van der Waals surface area (Å²) in [5.74, 6) is -2.16. The number of aliphatic hydroxyl groups is 1. The predicted octanol–water partition coefficient (Wildman–Crippen LogP) is 1.40. The summed E-state index contributed by atoms with van der Waals surface area (Å²) < 4.78 is 13.9. The second kappa shape index (κ2) is 4.88. The Kier molecular flexibility index (Phi) is 3.19. The molecule has 1 aliphatic rings. The molecule has 3 unspecified atom stereocenters. The van der Waals surface area contributed by atoms with Crippen molar-refractivity contribution in [3.05, 3.63) is 35.8 Å². The van der Waals surface area contributed by atoms with Gasteiger partial charge in [0.15, 0.2) is 0 Å². The first-order valence-electron chi connectivity index (χ1n) is 6.47. The van der Waals surface area contributed by atoms with Gasteiger partial charge >= 0.3 is 5.97 Å². The molecule has 1 aromatic carbocycles. The summed E-state index contributed by atoms with van der Waals surface area (Å²) in [4.78, 5) is 14.0. The number of carboxylic acid groups (broad SMARTS) is 1. The largest absolute Gasteiger partial charge is 0.481 e. The highest BCUT2D eigenvalue weighted by Gasteiger charge is 2.35. The molecule has 5 nitrogen and oxygen atoms in total. The van der Waals surface area contributed by atoms with Crippen LogP contribution in [0.25, 0.3) is 10.9 Å². The van der Waals surface area contributed by atoms with Gasteiger partial charge < -0.3 is 20.5 Å². The maximum Gasteiger partial charge on any atom is 0.310 e. The molecule has 0 spiro atoms. The summed E-state index contributed by atoms with van der Waals surface area (Å²) in [6.07, 6.45) is 1.02. The minimum absolute atomic E-state index is 0.169. The molecule has 1 aromatic heterocycles. The van der Waals surface area contributed by atoms with Gasteiger partial charge in [0.05, 0.1) is 12.0 Å². The highest BCUT2D eigenvalue weighted by Crippen LogP contribution is 2.32. The van der Waals surface area contributed by atoms with Crippen LogP contribution in [0, 0.1) is 11.7 Å². The van der Waals surface area contributed by atoms with E-state index in [0.29, 0.717) is 10.9 Å². The lowest BCUT2D eigenvalue weighted by Gasteiger charge is -2.31. The van der Waals surface area contributed by atoms with Gasteiger partial charge in [0, 0.05) is 29.7 Å². The molecule has 106 valence electrons. The lowest BCUT2D eigenvalue weighted by Crippen LogP contribution is -2.45. The van der Waals surface area contributed by atoms with Crippen molar-refractivity contribution < 1.29 is 19.4 Å². The summed E-state index contributed by atoms with van der Waals surface area (Å²) in [6.45, 7) is 0.169. The van der Waals surface area contributed by atoms with E-state index >= 15 is 0 Å². The number of nitrogens with one attached hydrogen (secondary N) is 2. The number of aromatic amines is 1. The van der Waals surface area contributed by atoms with E-state index in [1.807, 2.05) is 0 Å². The number of H-pyrrole nitrogens is 1. The summed E-state index contributed by atoms with van der Waals surface area (Å²) in [5.41, 5.74) is 1.41. The van der Waals surface area contributed by atoms with Crippen molar-refractivity contribution in [2.75, 3.05) is 6.54 Å². The molecule has 4 N–H and O–H groups in total. The molecule has 1 saturated heterocycles. The van der Waals surface area contributed by atoms with Gasteiger partial charge in [-0.15, -0.1) is 0 Å². The van der Waals surface area contributed by atoms with E-state index in [1.165, 1.54) is 6.07 Å². The van der Waals surface area contributed by atoms with Gasteiger partial charge in [-0.25, -0.2) is 4.39 Å². The molecular weight excluding hydrogens is 263 g/mol. The lowest BCUT2D eigenvalue weighted by atomic mass is 9.88. The lowest BCUT2D eigenvalue weighted by molar-refractivity contribution is -0.147. The van der Waals surface area contributed by atoms with E-state index in [2.05, 4.69) is 10.3 Å². The van der Waals surface area contributed by atoms with Gasteiger partial charge in [-0.3, -0.25) is 4.79 Å². The second-order valence-corrected chi connectivity index (χ2v) is 5.12. The summed E-state index contributed by atoms with van der Waals surface area (Å²) in [5, 5.41) is 22.5. The third-order valence-electron chi connectivity index (χ3n) is 3.90. The smallest absolute Gasteiger partial charge is 0.310 e. The number of piperidine rings is 1. The molecule has 20 heavy (non-hydrogen) atoms. The first-order chi connectivity index (χ1) is 9.58. The van der Waals surface area contributed by atoms with Crippen LogP contribution in [0.5, 0.6) is 0 Å².